The lowest BCUT2D eigenvalue weighted by molar-refractivity contribution is 0.0625. The van der Waals surface area contributed by atoms with Crippen molar-refractivity contribution in [2.45, 2.75) is 24.9 Å². The van der Waals surface area contributed by atoms with Crippen LogP contribution in [0.4, 0.5) is 14.9 Å². The first-order valence-electron chi connectivity index (χ1n) is 11.2. The van der Waals surface area contributed by atoms with Crippen molar-refractivity contribution >= 4 is 29.4 Å². The van der Waals surface area contributed by atoms with E-state index in [4.69, 9.17) is 10.5 Å². The molecule has 3 N–H and O–H groups in total. The number of ether oxygens (including phenoxy) is 1. The SMILES string of the molecule is NC1=NC2(CCN(C(=O)OCCCN3C(=O)c4ccccc4C3=O)CC2)Nc2cccc(F)c21. The number of nitrogens with zero attached hydrogens (tertiary/aromatic N) is 3. The summed E-state index contributed by atoms with van der Waals surface area (Å²) in [7, 11) is 0. The molecule has 10 heteroatoms. The Labute approximate surface area is 195 Å². The minimum absolute atomic E-state index is 0.0872. The van der Waals surface area contributed by atoms with E-state index in [2.05, 4.69) is 10.3 Å². The molecule has 0 saturated carbocycles. The number of carbonyl (C=O) groups is 3. The highest BCUT2D eigenvalue weighted by Gasteiger charge is 2.40. The van der Waals surface area contributed by atoms with Crippen LogP contribution in [0.5, 0.6) is 0 Å². The molecule has 0 aliphatic carbocycles. The van der Waals surface area contributed by atoms with Crippen molar-refractivity contribution in [1.82, 2.24) is 9.80 Å². The van der Waals surface area contributed by atoms with E-state index in [-0.39, 0.29) is 36.4 Å². The number of hydrogen-bond donors (Lipinski definition) is 2. The standard InChI is InChI=1S/C24H24FN5O4/c25-17-7-3-8-18-19(17)20(26)28-24(27-18)9-12-29(13-10-24)23(33)34-14-4-11-30-21(31)15-5-1-2-6-16(15)22(30)32/h1-3,5-8,27H,4,9-14H2,(H2,26,28). The Morgan fingerprint density at radius 2 is 1.76 bits per heavy atom. The fourth-order valence-electron chi connectivity index (χ4n) is 4.67. The van der Waals surface area contributed by atoms with Crippen molar-refractivity contribution in [3.05, 3.63) is 65.0 Å². The molecule has 3 aliphatic rings. The third kappa shape index (κ3) is 3.74. The molecule has 2 aromatic carbocycles. The average molecular weight is 465 g/mol. The lowest BCUT2D eigenvalue weighted by Crippen LogP contribution is -2.52. The number of rotatable bonds is 4. The van der Waals surface area contributed by atoms with Gasteiger partial charge in [0.25, 0.3) is 11.8 Å². The summed E-state index contributed by atoms with van der Waals surface area (Å²) in [5.41, 5.74) is 7.02. The number of anilines is 1. The molecule has 3 heterocycles. The molecule has 1 fully saturated rings. The van der Waals surface area contributed by atoms with Gasteiger partial charge in [-0.2, -0.15) is 0 Å². The number of carbonyl (C=O) groups excluding carboxylic acids is 3. The summed E-state index contributed by atoms with van der Waals surface area (Å²) >= 11 is 0. The number of amidine groups is 1. The van der Waals surface area contributed by atoms with E-state index in [9.17, 15) is 18.8 Å². The molecular weight excluding hydrogens is 441 g/mol. The van der Waals surface area contributed by atoms with E-state index in [1.165, 1.54) is 11.0 Å². The fraction of sp³-hybridized carbons (Fsp3) is 0.333. The van der Waals surface area contributed by atoms with Gasteiger partial charge < -0.3 is 20.7 Å². The van der Waals surface area contributed by atoms with Crippen molar-refractivity contribution in [1.29, 1.82) is 0 Å². The van der Waals surface area contributed by atoms with Gasteiger partial charge in [0.2, 0.25) is 0 Å². The van der Waals surface area contributed by atoms with Gasteiger partial charge in [0.1, 0.15) is 17.3 Å². The predicted octanol–water partition coefficient (Wildman–Crippen LogP) is 2.57. The third-order valence-electron chi connectivity index (χ3n) is 6.45. The van der Waals surface area contributed by atoms with E-state index in [1.807, 2.05) is 0 Å². The molecule has 34 heavy (non-hydrogen) atoms. The normalized spacial score (nSPS) is 18.3. The highest BCUT2D eigenvalue weighted by molar-refractivity contribution is 6.21. The Morgan fingerprint density at radius 1 is 1.09 bits per heavy atom. The first-order chi connectivity index (χ1) is 16.4. The zero-order chi connectivity index (χ0) is 23.9. The number of imide groups is 1. The number of nitrogens with two attached hydrogens (primary N) is 1. The topological polar surface area (TPSA) is 117 Å². The van der Waals surface area contributed by atoms with Crippen LogP contribution in [0.3, 0.4) is 0 Å². The molecule has 0 atom stereocenters. The van der Waals surface area contributed by atoms with E-state index >= 15 is 0 Å². The maximum atomic E-state index is 14.1. The van der Waals surface area contributed by atoms with Crippen molar-refractivity contribution in [2.24, 2.45) is 10.7 Å². The monoisotopic (exact) mass is 465 g/mol. The molecular formula is C24H24FN5O4. The quantitative estimate of drug-likeness (QED) is 0.530. The Morgan fingerprint density at radius 3 is 2.44 bits per heavy atom. The van der Waals surface area contributed by atoms with Gasteiger partial charge >= 0.3 is 6.09 Å². The Bertz CT molecular complexity index is 1170. The van der Waals surface area contributed by atoms with E-state index < -0.39 is 17.6 Å². The van der Waals surface area contributed by atoms with Crippen LogP contribution in [0.25, 0.3) is 0 Å². The second-order valence-corrected chi connectivity index (χ2v) is 8.58. The highest BCUT2D eigenvalue weighted by Crippen LogP contribution is 2.35. The van der Waals surface area contributed by atoms with Gasteiger partial charge in [0.15, 0.2) is 0 Å². The van der Waals surface area contributed by atoms with E-state index in [1.54, 1.807) is 41.3 Å². The summed E-state index contributed by atoms with van der Waals surface area (Å²) in [6.07, 6.45) is 0.873. The van der Waals surface area contributed by atoms with Gasteiger partial charge in [-0.1, -0.05) is 18.2 Å². The molecule has 0 aromatic heterocycles. The molecule has 0 radical (unpaired) electrons. The van der Waals surface area contributed by atoms with Crippen LogP contribution in [-0.2, 0) is 4.74 Å². The average Bonchev–Trinajstić information content (AvgIpc) is 3.06. The zero-order valence-electron chi connectivity index (χ0n) is 18.4. The number of nitrogens with one attached hydrogen (secondary N) is 1. The maximum absolute atomic E-state index is 14.1. The largest absolute Gasteiger partial charge is 0.449 e. The number of hydrogen-bond acceptors (Lipinski definition) is 7. The molecule has 9 nitrogen and oxygen atoms in total. The minimum Gasteiger partial charge on any atom is -0.449 e. The molecule has 5 rings (SSSR count). The molecule has 3 amide bonds. The third-order valence-corrected chi connectivity index (χ3v) is 6.45. The van der Waals surface area contributed by atoms with Crippen molar-refractivity contribution < 1.29 is 23.5 Å². The molecule has 0 unspecified atom stereocenters. The Kier molecular flexibility index (Phi) is 5.43. The highest BCUT2D eigenvalue weighted by atomic mass is 19.1. The minimum atomic E-state index is -0.687. The van der Waals surface area contributed by atoms with Crippen LogP contribution in [-0.4, -0.2) is 65.4 Å². The molecule has 2 aromatic rings. The summed E-state index contributed by atoms with van der Waals surface area (Å²) in [6, 6.07) is 11.4. The van der Waals surface area contributed by atoms with Crippen molar-refractivity contribution in [3.8, 4) is 0 Å². The van der Waals surface area contributed by atoms with Crippen LogP contribution in [0.15, 0.2) is 47.5 Å². The number of halogens is 1. The van der Waals surface area contributed by atoms with Crippen LogP contribution < -0.4 is 11.1 Å². The van der Waals surface area contributed by atoms with Crippen molar-refractivity contribution in [3.63, 3.8) is 0 Å². The van der Waals surface area contributed by atoms with Crippen LogP contribution in [0.1, 0.15) is 45.5 Å². The molecule has 3 aliphatic heterocycles. The Hall–Kier alpha value is -3.95. The second-order valence-electron chi connectivity index (χ2n) is 8.58. The molecule has 1 spiro atoms. The van der Waals surface area contributed by atoms with Gasteiger partial charge in [0.05, 0.1) is 23.3 Å². The van der Waals surface area contributed by atoms with E-state index in [0.717, 1.165) is 0 Å². The number of benzene rings is 2. The summed E-state index contributed by atoms with van der Waals surface area (Å²) in [5.74, 6) is -0.927. The Balaban J connectivity index is 1.11. The molecule has 1 saturated heterocycles. The van der Waals surface area contributed by atoms with Crippen LogP contribution in [0, 0.1) is 5.82 Å². The van der Waals surface area contributed by atoms with Crippen LogP contribution in [0.2, 0.25) is 0 Å². The number of fused-ring (bicyclic) bond motifs is 2. The predicted molar refractivity (Wildman–Crippen MR) is 122 cm³/mol. The van der Waals surface area contributed by atoms with E-state index in [0.29, 0.717) is 49.2 Å². The maximum Gasteiger partial charge on any atom is 0.409 e. The van der Waals surface area contributed by atoms with Gasteiger partial charge in [-0.3, -0.25) is 14.5 Å². The van der Waals surface area contributed by atoms with Crippen molar-refractivity contribution in [2.75, 3.05) is 31.6 Å². The number of likely N-dealkylation sites (tertiary alicyclic amines) is 1. The first-order valence-corrected chi connectivity index (χ1v) is 11.2. The zero-order valence-corrected chi connectivity index (χ0v) is 18.4. The first kappa shape index (κ1) is 21.9. The van der Waals surface area contributed by atoms with Crippen LogP contribution >= 0.6 is 0 Å². The summed E-state index contributed by atoms with van der Waals surface area (Å²) < 4.78 is 19.5. The second kappa shape index (κ2) is 8.44. The molecule has 176 valence electrons. The lowest BCUT2D eigenvalue weighted by atomic mass is 9.94. The van der Waals surface area contributed by atoms with Gasteiger partial charge in [-0.15, -0.1) is 0 Å². The molecule has 0 bridgehead atoms. The lowest BCUT2D eigenvalue weighted by Gasteiger charge is -2.42. The number of aliphatic imine (C=N–C) groups is 1. The smallest absolute Gasteiger partial charge is 0.409 e. The van der Waals surface area contributed by atoms with Gasteiger partial charge in [-0.05, 0) is 30.7 Å². The number of amides is 3. The van der Waals surface area contributed by atoms with Gasteiger partial charge in [-0.25, -0.2) is 14.2 Å². The summed E-state index contributed by atoms with van der Waals surface area (Å²) in [6.45, 7) is 1.05. The fourth-order valence-corrected chi connectivity index (χ4v) is 4.67. The summed E-state index contributed by atoms with van der Waals surface area (Å²) in [5, 5.41) is 3.29. The number of piperidine rings is 1. The summed E-state index contributed by atoms with van der Waals surface area (Å²) in [4.78, 5) is 44.6. The van der Waals surface area contributed by atoms with Gasteiger partial charge in [0, 0.05) is 38.2 Å².